The van der Waals surface area contributed by atoms with Gasteiger partial charge < -0.3 is 5.11 Å². The molecule has 0 aliphatic heterocycles. The topological polar surface area (TPSA) is 87.5 Å². The number of hydrogen-bond acceptors (Lipinski definition) is 5. The van der Waals surface area contributed by atoms with Crippen molar-refractivity contribution in [2.75, 3.05) is 0 Å². The van der Waals surface area contributed by atoms with E-state index in [1.165, 1.54) is 36.9 Å². The van der Waals surface area contributed by atoms with Crippen LogP contribution in [0.4, 0.5) is 0 Å². The van der Waals surface area contributed by atoms with E-state index in [1.54, 1.807) is 12.1 Å². The van der Waals surface area contributed by atoms with E-state index in [4.69, 9.17) is 5.11 Å². The summed E-state index contributed by atoms with van der Waals surface area (Å²) in [5.41, 5.74) is 3.28. The highest BCUT2D eigenvalue weighted by Gasteiger charge is 2.04. The number of amides is 1. The predicted octanol–water partition coefficient (Wildman–Crippen LogP) is 0.946. The third kappa shape index (κ3) is 3.11. The van der Waals surface area contributed by atoms with E-state index in [0.29, 0.717) is 0 Å². The highest BCUT2D eigenvalue weighted by molar-refractivity contribution is 5.92. The van der Waals surface area contributed by atoms with Crippen molar-refractivity contribution in [3.8, 4) is 5.75 Å². The lowest BCUT2D eigenvalue weighted by Crippen LogP contribution is -2.19. The van der Waals surface area contributed by atoms with Gasteiger partial charge in [-0.1, -0.05) is 0 Å². The van der Waals surface area contributed by atoms with E-state index >= 15 is 0 Å². The Morgan fingerprint density at radius 2 is 2.06 bits per heavy atom. The molecule has 0 unspecified atom stereocenters. The number of nitrogens with zero attached hydrogens (tertiary/aromatic N) is 3. The zero-order valence-corrected chi connectivity index (χ0v) is 9.32. The minimum absolute atomic E-state index is 0.177. The van der Waals surface area contributed by atoms with E-state index in [1.807, 2.05) is 0 Å². The number of hydrazone groups is 1. The number of aromatic hydroxyl groups is 1. The molecule has 18 heavy (non-hydrogen) atoms. The molecule has 0 aliphatic rings. The number of rotatable bonds is 3. The first-order chi connectivity index (χ1) is 8.75. The molecule has 0 saturated heterocycles. The lowest BCUT2D eigenvalue weighted by Gasteiger charge is -1.97. The minimum atomic E-state index is -0.432. The third-order valence-electron chi connectivity index (χ3n) is 2.07. The number of hydrogen-bond donors (Lipinski definition) is 2. The van der Waals surface area contributed by atoms with Crippen LogP contribution in [0.1, 0.15) is 16.1 Å². The van der Waals surface area contributed by atoms with Gasteiger partial charge in [-0.2, -0.15) is 5.10 Å². The Morgan fingerprint density at radius 1 is 1.28 bits per heavy atom. The number of nitrogens with one attached hydrogen (secondary N) is 1. The Kier molecular flexibility index (Phi) is 3.60. The highest BCUT2D eigenvalue weighted by atomic mass is 16.3. The maximum atomic E-state index is 11.5. The molecule has 1 heterocycles. The molecule has 1 amide bonds. The summed E-state index contributed by atoms with van der Waals surface area (Å²) in [6, 6.07) is 6.41. The molecule has 0 radical (unpaired) electrons. The molecular weight excluding hydrogens is 232 g/mol. The number of benzene rings is 1. The van der Waals surface area contributed by atoms with E-state index in [2.05, 4.69) is 20.5 Å². The Morgan fingerprint density at radius 3 is 2.72 bits per heavy atom. The standard InChI is InChI=1S/C12H10N4O2/c17-10-3-1-9(2-4-10)7-15-16-12(18)11-8-13-5-6-14-11/h1-8,17H,(H,16,18)/b15-7-. The zero-order chi connectivity index (χ0) is 12.8. The lowest BCUT2D eigenvalue weighted by atomic mass is 10.2. The van der Waals surface area contributed by atoms with Crippen LogP contribution in [0, 0.1) is 0 Å². The van der Waals surface area contributed by atoms with Crippen LogP contribution in [0.2, 0.25) is 0 Å². The fraction of sp³-hybridized carbons (Fsp3) is 0. The van der Waals surface area contributed by atoms with Crippen molar-refractivity contribution in [1.82, 2.24) is 15.4 Å². The molecule has 1 aromatic heterocycles. The monoisotopic (exact) mass is 242 g/mol. The Bertz CT molecular complexity index is 552. The molecule has 1 aromatic carbocycles. The van der Waals surface area contributed by atoms with Crippen molar-refractivity contribution in [3.63, 3.8) is 0 Å². The van der Waals surface area contributed by atoms with Gasteiger partial charge in [0.05, 0.1) is 12.4 Å². The van der Waals surface area contributed by atoms with Gasteiger partial charge in [0.2, 0.25) is 0 Å². The summed E-state index contributed by atoms with van der Waals surface area (Å²) >= 11 is 0. The smallest absolute Gasteiger partial charge is 0.291 e. The van der Waals surface area contributed by atoms with Crippen LogP contribution < -0.4 is 5.43 Å². The highest BCUT2D eigenvalue weighted by Crippen LogP contribution is 2.07. The summed E-state index contributed by atoms with van der Waals surface area (Å²) in [4.78, 5) is 19.1. The lowest BCUT2D eigenvalue weighted by molar-refractivity contribution is 0.0949. The molecular formula is C12H10N4O2. The number of phenols is 1. The second kappa shape index (κ2) is 5.53. The maximum absolute atomic E-state index is 11.5. The average molecular weight is 242 g/mol. The van der Waals surface area contributed by atoms with Gasteiger partial charge in [-0.15, -0.1) is 0 Å². The molecule has 0 spiro atoms. The van der Waals surface area contributed by atoms with Gasteiger partial charge in [0.15, 0.2) is 0 Å². The number of phenolic OH excluding ortho intramolecular Hbond substituents is 1. The summed E-state index contributed by atoms with van der Waals surface area (Å²) in [5, 5.41) is 12.9. The van der Waals surface area contributed by atoms with E-state index in [0.717, 1.165) is 5.56 Å². The molecule has 0 atom stereocenters. The van der Waals surface area contributed by atoms with Crippen molar-refractivity contribution < 1.29 is 9.90 Å². The molecule has 0 saturated carbocycles. The van der Waals surface area contributed by atoms with Crippen LogP contribution in [0.25, 0.3) is 0 Å². The van der Waals surface area contributed by atoms with Gasteiger partial charge in [0.25, 0.3) is 5.91 Å². The van der Waals surface area contributed by atoms with Crippen molar-refractivity contribution in [2.24, 2.45) is 5.10 Å². The van der Waals surface area contributed by atoms with Gasteiger partial charge in [-0.05, 0) is 29.8 Å². The summed E-state index contributed by atoms with van der Waals surface area (Å²) in [5.74, 6) is -0.256. The zero-order valence-electron chi connectivity index (χ0n) is 9.32. The van der Waals surface area contributed by atoms with Gasteiger partial charge in [-0.25, -0.2) is 10.4 Å². The van der Waals surface area contributed by atoms with Crippen molar-refractivity contribution in [1.29, 1.82) is 0 Å². The molecule has 2 rings (SSSR count). The van der Waals surface area contributed by atoms with Crippen LogP contribution in [-0.2, 0) is 0 Å². The first-order valence-electron chi connectivity index (χ1n) is 5.14. The largest absolute Gasteiger partial charge is 0.508 e. The van der Waals surface area contributed by atoms with E-state index in [-0.39, 0.29) is 11.4 Å². The van der Waals surface area contributed by atoms with Crippen LogP contribution in [0.5, 0.6) is 5.75 Å². The van der Waals surface area contributed by atoms with Gasteiger partial charge in [-0.3, -0.25) is 9.78 Å². The number of aromatic nitrogens is 2. The van der Waals surface area contributed by atoms with Crippen molar-refractivity contribution >= 4 is 12.1 Å². The molecule has 0 bridgehead atoms. The maximum Gasteiger partial charge on any atom is 0.291 e. The van der Waals surface area contributed by atoms with Crippen LogP contribution >= 0.6 is 0 Å². The summed E-state index contributed by atoms with van der Waals surface area (Å²) in [6.07, 6.45) is 5.73. The Hall–Kier alpha value is -2.76. The van der Waals surface area contributed by atoms with Crippen LogP contribution in [-0.4, -0.2) is 27.2 Å². The molecule has 90 valence electrons. The molecule has 2 N–H and O–H groups in total. The molecule has 6 nitrogen and oxygen atoms in total. The SMILES string of the molecule is O=C(N/N=C\c1ccc(O)cc1)c1cnccn1. The predicted molar refractivity (Wildman–Crippen MR) is 65.2 cm³/mol. The fourth-order valence-corrected chi connectivity index (χ4v) is 1.20. The first kappa shape index (κ1) is 11.7. The third-order valence-corrected chi connectivity index (χ3v) is 2.07. The summed E-state index contributed by atoms with van der Waals surface area (Å²) in [6.45, 7) is 0. The van der Waals surface area contributed by atoms with Gasteiger partial charge in [0, 0.05) is 12.4 Å². The second-order valence-corrected chi connectivity index (χ2v) is 3.38. The summed E-state index contributed by atoms with van der Waals surface area (Å²) < 4.78 is 0. The first-order valence-corrected chi connectivity index (χ1v) is 5.14. The van der Waals surface area contributed by atoms with Gasteiger partial charge in [0.1, 0.15) is 11.4 Å². The minimum Gasteiger partial charge on any atom is -0.508 e. The molecule has 6 heteroatoms. The normalized spacial score (nSPS) is 10.4. The fourth-order valence-electron chi connectivity index (χ4n) is 1.20. The van der Waals surface area contributed by atoms with Gasteiger partial charge >= 0.3 is 0 Å². The summed E-state index contributed by atoms with van der Waals surface area (Å²) in [7, 11) is 0. The Labute approximate surface area is 103 Å². The van der Waals surface area contributed by atoms with Crippen LogP contribution in [0.3, 0.4) is 0 Å². The second-order valence-electron chi connectivity index (χ2n) is 3.38. The quantitative estimate of drug-likeness (QED) is 0.619. The molecule has 0 fully saturated rings. The molecule has 2 aromatic rings. The molecule has 0 aliphatic carbocycles. The van der Waals surface area contributed by atoms with Crippen LogP contribution in [0.15, 0.2) is 48.0 Å². The van der Waals surface area contributed by atoms with Crippen molar-refractivity contribution in [3.05, 3.63) is 54.1 Å². The van der Waals surface area contributed by atoms with E-state index < -0.39 is 5.91 Å². The average Bonchev–Trinajstić information content (AvgIpc) is 2.42. The number of carbonyl (C=O) groups excluding carboxylic acids is 1. The number of carbonyl (C=O) groups is 1. The van der Waals surface area contributed by atoms with Crippen molar-refractivity contribution in [2.45, 2.75) is 0 Å². The van der Waals surface area contributed by atoms with E-state index in [9.17, 15) is 4.79 Å². The Balaban J connectivity index is 1.96.